The van der Waals surface area contributed by atoms with E-state index in [-0.39, 0.29) is 5.91 Å². The van der Waals surface area contributed by atoms with Gasteiger partial charge in [-0.25, -0.2) is 5.43 Å². The molecule has 190 valence electrons. The minimum absolute atomic E-state index is 0.298. The number of amides is 1. The van der Waals surface area contributed by atoms with Gasteiger partial charge in [0.15, 0.2) is 11.5 Å². The van der Waals surface area contributed by atoms with Gasteiger partial charge in [-0.05, 0) is 94.2 Å². The second-order valence-electron chi connectivity index (χ2n) is 8.26. The molecule has 7 heteroatoms. The Labute approximate surface area is 230 Å². The fourth-order valence-corrected chi connectivity index (χ4v) is 4.57. The van der Waals surface area contributed by atoms with E-state index in [1.807, 2.05) is 44.2 Å². The van der Waals surface area contributed by atoms with Crippen LogP contribution in [0.15, 0.2) is 84.0 Å². The van der Waals surface area contributed by atoms with Crippen LogP contribution in [0.1, 0.15) is 41.8 Å². The maximum atomic E-state index is 12.5. The molecule has 0 aromatic heterocycles. The summed E-state index contributed by atoms with van der Waals surface area (Å²) in [5.74, 6) is 1.75. The molecule has 0 aliphatic heterocycles. The first-order valence-corrected chi connectivity index (χ1v) is 13.3. The Balaban J connectivity index is 1.44. The lowest BCUT2D eigenvalue weighted by Crippen LogP contribution is -2.17. The van der Waals surface area contributed by atoms with Crippen LogP contribution in [0.25, 0.3) is 10.8 Å². The summed E-state index contributed by atoms with van der Waals surface area (Å²) in [4.78, 5) is 12.5. The van der Waals surface area contributed by atoms with E-state index in [1.165, 1.54) is 10.8 Å². The molecule has 0 fully saturated rings. The molecule has 0 atom stereocenters. The van der Waals surface area contributed by atoms with Gasteiger partial charge in [-0.2, -0.15) is 5.10 Å². The maximum absolute atomic E-state index is 12.5. The van der Waals surface area contributed by atoms with Crippen LogP contribution in [0, 0.1) is 3.57 Å². The molecule has 1 amide bonds. The average Bonchev–Trinajstić information content (AvgIpc) is 2.92. The Bertz CT molecular complexity index is 1380. The third-order valence-electron chi connectivity index (χ3n) is 5.55. The van der Waals surface area contributed by atoms with Crippen LogP contribution in [-0.4, -0.2) is 25.3 Å². The van der Waals surface area contributed by atoms with E-state index < -0.39 is 0 Å². The van der Waals surface area contributed by atoms with Crippen LogP contribution in [0.4, 0.5) is 0 Å². The number of halogens is 1. The summed E-state index contributed by atoms with van der Waals surface area (Å²) >= 11 is 2.23. The van der Waals surface area contributed by atoms with Crippen LogP contribution in [-0.2, 0) is 6.61 Å². The summed E-state index contributed by atoms with van der Waals surface area (Å²) < 4.78 is 18.6. The zero-order valence-electron chi connectivity index (χ0n) is 20.9. The quantitative estimate of drug-likeness (QED) is 0.113. The van der Waals surface area contributed by atoms with Crippen molar-refractivity contribution in [1.82, 2.24) is 5.43 Å². The molecule has 0 spiro atoms. The normalized spacial score (nSPS) is 11.0. The van der Waals surface area contributed by atoms with E-state index in [0.717, 1.165) is 26.9 Å². The molecule has 1 N–H and O–H groups in total. The van der Waals surface area contributed by atoms with Crippen molar-refractivity contribution in [3.8, 4) is 17.2 Å². The number of nitrogens with zero attached hydrogens (tertiary/aromatic N) is 1. The van der Waals surface area contributed by atoms with Gasteiger partial charge < -0.3 is 14.2 Å². The average molecular weight is 608 g/mol. The predicted octanol–water partition coefficient (Wildman–Crippen LogP) is 6.97. The molecule has 0 radical (unpaired) electrons. The number of carbonyl (C=O) groups excluding carboxylic acids is 1. The van der Waals surface area contributed by atoms with Gasteiger partial charge in [0, 0.05) is 5.56 Å². The van der Waals surface area contributed by atoms with Gasteiger partial charge in [-0.15, -0.1) is 0 Å². The van der Waals surface area contributed by atoms with E-state index in [2.05, 4.69) is 57.4 Å². The van der Waals surface area contributed by atoms with E-state index in [4.69, 9.17) is 14.2 Å². The number of hydrogen-bond donors (Lipinski definition) is 1. The molecular weight excluding hydrogens is 579 g/mol. The summed E-state index contributed by atoms with van der Waals surface area (Å²) in [6.45, 7) is 5.54. The highest BCUT2D eigenvalue weighted by atomic mass is 127. The number of fused-ring (bicyclic) bond motifs is 1. The monoisotopic (exact) mass is 608 g/mol. The first-order chi connectivity index (χ1) is 18.1. The Morgan fingerprint density at radius 1 is 0.946 bits per heavy atom. The zero-order valence-corrected chi connectivity index (χ0v) is 23.0. The summed E-state index contributed by atoms with van der Waals surface area (Å²) in [6, 6.07) is 25.3. The molecule has 6 nitrogen and oxygen atoms in total. The zero-order chi connectivity index (χ0) is 26.0. The van der Waals surface area contributed by atoms with Gasteiger partial charge in [0.2, 0.25) is 0 Å². The van der Waals surface area contributed by atoms with Crippen LogP contribution >= 0.6 is 22.6 Å². The SMILES string of the molecule is CCCOc1ccc(C(=O)N/N=C/c2cc(I)c(OCc3cccc4ccccc34)c(OCC)c2)cc1. The van der Waals surface area contributed by atoms with Gasteiger partial charge >= 0.3 is 0 Å². The number of carbonyl (C=O) groups is 1. The lowest BCUT2D eigenvalue weighted by molar-refractivity contribution is 0.0955. The first kappa shape index (κ1) is 26.5. The van der Waals surface area contributed by atoms with Crippen LogP contribution < -0.4 is 19.6 Å². The molecule has 37 heavy (non-hydrogen) atoms. The topological polar surface area (TPSA) is 69.2 Å². The van der Waals surface area contributed by atoms with Gasteiger partial charge in [-0.3, -0.25) is 4.79 Å². The fraction of sp³-hybridized carbons (Fsp3) is 0.200. The highest BCUT2D eigenvalue weighted by Gasteiger charge is 2.13. The fourth-order valence-electron chi connectivity index (χ4n) is 3.79. The Kier molecular flexibility index (Phi) is 9.37. The van der Waals surface area contributed by atoms with Gasteiger partial charge in [0.05, 0.1) is 23.0 Å². The lowest BCUT2D eigenvalue weighted by atomic mass is 10.1. The van der Waals surface area contributed by atoms with E-state index >= 15 is 0 Å². The van der Waals surface area contributed by atoms with Crippen molar-refractivity contribution in [3.63, 3.8) is 0 Å². The molecule has 0 aliphatic carbocycles. The summed E-state index contributed by atoms with van der Waals surface area (Å²) in [5, 5.41) is 6.48. The highest BCUT2D eigenvalue weighted by Crippen LogP contribution is 2.35. The van der Waals surface area contributed by atoms with Crippen molar-refractivity contribution in [2.45, 2.75) is 26.9 Å². The number of hydrazone groups is 1. The molecule has 0 saturated carbocycles. The van der Waals surface area contributed by atoms with Crippen molar-refractivity contribution in [2.75, 3.05) is 13.2 Å². The third-order valence-corrected chi connectivity index (χ3v) is 6.35. The number of rotatable bonds is 11. The van der Waals surface area contributed by atoms with E-state index in [9.17, 15) is 4.79 Å². The highest BCUT2D eigenvalue weighted by molar-refractivity contribution is 14.1. The van der Waals surface area contributed by atoms with Crippen LogP contribution in [0.3, 0.4) is 0 Å². The van der Waals surface area contributed by atoms with E-state index in [1.54, 1.807) is 30.5 Å². The summed E-state index contributed by atoms with van der Waals surface area (Å²) in [5.41, 5.74) is 4.97. The van der Waals surface area contributed by atoms with Crippen molar-refractivity contribution in [2.24, 2.45) is 5.10 Å². The molecule has 4 rings (SSSR count). The van der Waals surface area contributed by atoms with Crippen molar-refractivity contribution >= 4 is 45.5 Å². The molecule has 0 saturated heterocycles. The number of ether oxygens (including phenoxy) is 3. The van der Waals surface area contributed by atoms with Gasteiger partial charge in [-0.1, -0.05) is 49.4 Å². The number of benzene rings is 4. The Hall–Kier alpha value is -3.59. The van der Waals surface area contributed by atoms with Crippen LogP contribution in [0.2, 0.25) is 0 Å². The molecule has 0 bridgehead atoms. The largest absolute Gasteiger partial charge is 0.494 e. The van der Waals surface area contributed by atoms with Crippen molar-refractivity contribution < 1.29 is 19.0 Å². The van der Waals surface area contributed by atoms with Gasteiger partial charge in [0.1, 0.15) is 12.4 Å². The molecule has 4 aromatic rings. The third kappa shape index (κ3) is 7.01. The molecule has 0 unspecified atom stereocenters. The smallest absolute Gasteiger partial charge is 0.271 e. The summed E-state index contributed by atoms with van der Waals surface area (Å²) in [6.07, 6.45) is 2.52. The first-order valence-electron chi connectivity index (χ1n) is 12.2. The summed E-state index contributed by atoms with van der Waals surface area (Å²) in [7, 11) is 0. The number of hydrogen-bond acceptors (Lipinski definition) is 5. The second-order valence-corrected chi connectivity index (χ2v) is 9.42. The Morgan fingerprint density at radius 3 is 2.51 bits per heavy atom. The van der Waals surface area contributed by atoms with Gasteiger partial charge in [0.25, 0.3) is 5.91 Å². The van der Waals surface area contributed by atoms with Crippen molar-refractivity contribution in [1.29, 1.82) is 0 Å². The minimum atomic E-state index is -0.298. The maximum Gasteiger partial charge on any atom is 0.271 e. The number of nitrogens with one attached hydrogen (secondary N) is 1. The standard InChI is InChI=1S/C30H29IN2O4/c1-3-16-36-25-14-12-23(13-15-25)30(34)33-32-19-21-17-27(31)29(28(18-21)35-4-2)37-20-24-10-7-9-22-8-5-6-11-26(22)24/h5-15,17-19H,3-4,16,20H2,1-2H3,(H,33,34)/b32-19+. The second kappa shape index (κ2) is 13.1. The lowest BCUT2D eigenvalue weighted by Gasteiger charge is -2.15. The van der Waals surface area contributed by atoms with Crippen LogP contribution in [0.5, 0.6) is 17.2 Å². The Morgan fingerprint density at radius 2 is 1.73 bits per heavy atom. The predicted molar refractivity (Wildman–Crippen MR) is 156 cm³/mol. The molecule has 0 heterocycles. The van der Waals surface area contributed by atoms with Crippen molar-refractivity contribution in [3.05, 3.63) is 99.1 Å². The molecule has 4 aromatic carbocycles. The minimum Gasteiger partial charge on any atom is -0.494 e. The molecular formula is C30H29IN2O4. The molecule has 0 aliphatic rings. The van der Waals surface area contributed by atoms with E-state index in [0.29, 0.717) is 36.9 Å².